The Hall–Kier alpha value is -1.92. The molecule has 21 heavy (non-hydrogen) atoms. The number of rotatable bonds is 2. The van der Waals surface area contributed by atoms with Crippen LogP contribution in [0.5, 0.6) is 0 Å². The number of hydrogen-bond acceptors (Lipinski definition) is 4. The molecule has 0 aliphatic carbocycles. The van der Waals surface area contributed by atoms with Gasteiger partial charge in [0, 0.05) is 29.1 Å². The Kier molecular flexibility index (Phi) is 3.90. The molecule has 1 aliphatic rings. The zero-order valence-corrected chi connectivity index (χ0v) is 12.5. The number of thiazole rings is 1. The number of amides is 2. The Balaban J connectivity index is 1.99. The maximum Gasteiger partial charge on any atom is 0.274 e. The smallest absolute Gasteiger partial charge is 0.274 e. The van der Waals surface area contributed by atoms with Crippen LogP contribution in [0.2, 0.25) is 5.02 Å². The van der Waals surface area contributed by atoms with Crippen molar-refractivity contribution >= 4 is 34.8 Å². The summed E-state index contributed by atoms with van der Waals surface area (Å²) in [5, 5.41) is 4.93. The van der Waals surface area contributed by atoms with Crippen molar-refractivity contribution in [2.24, 2.45) is 0 Å². The largest absolute Gasteiger partial charge is 0.352 e. The summed E-state index contributed by atoms with van der Waals surface area (Å²) >= 11 is 7.53. The van der Waals surface area contributed by atoms with Crippen molar-refractivity contribution in [2.75, 3.05) is 13.1 Å². The highest BCUT2D eigenvalue weighted by molar-refractivity contribution is 7.07. The number of piperazine rings is 1. The summed E-state index contributed by atoms with van der Waals surface area (Å²) in [6.45, 7) is 0.855. The number of benzene rings is 1. The second-order valence-corrected chi connectivity index (χ2v) is 5.71. The Labute approximate surface area is 130 Å². The van der Waals surface area contributed by atoms with Gasteiger partial charge in [-0.2, -0.15) is 0 Å². The van der Waals surface area contributed by atoms with Crippen molar-refractivity contribution in [1.82, 2.24) is 15.2 Å². The number of carbonyl (C=O) groups is 2. The van der Waals surface area contributed by atoms with E-state index >= 15 is 0 Å². The van der Waals surface area contributed by atoms with E-state index in [4.69, 9.17) is 11.6 Å². The fourth-order valence-electron chi connectivity index (χ4n) is 2.36. The first kappa shape index (κ1) is 14.0. The van der Waals surface area contributed by atoms with Crippen LogP contribution in [-0.2, 0) is 4.79 Å². The monoisotopic (exact) mass is 321 g/mol. The van der Waals surface area contributed by atoms with E-state index in [0.717, 1.165) is 0 Å². The van der Waals surface area contributed by atoms with E-state index in [1.54, 1.807) is 35.2 Å². The van der Waals surface area contributed by atoms with Crippen molar-refractivity contribution in [3.63, 3.8) is 0 Å². The normalized spacial score (nSPS) is 18.4. The molecule has 0 spiro atoms. The lowest BCUT2D eigenvalue weighted by Gasteiger charge is -2.35. The van der Waals surface area contributed by atoms with Gasteiger partial charge < -0.3 is 10.2 Å². The van der Waals surface area contributed by atoms with Crippen LogP contribution in [0.1, 0.15) is 22.1 Å². The van der Waals surface area contributed by atoms with Crippen LogP contribution in [0.4, 0.5) is 0 Å². The molecule has 1 fully saturated rings. The molecule has 5 nitrogen and oxygen atoms in total. The Morgan fingerprint density at radius 3 is 2.95 bits per heavy atom. The van der Waals surface area contributed by atoms with Crippen LogP contribution in [0.3, 0.4) is 0 Å². The number of carbonyl (C=O) groups excluding carboxylic acids is 2. The van der Waals surface area contributed by atoms with E-state index in [1.807, 2.05) is 0 Å². The van der Waals surface area contributed by atoms with Gasteiger partial charge in [-0.1, -0.05) is 29.8 Å². The number of halogens is 1. The van der Waals surface area contributed by atoms with Gasteiger partial charge in [-0.05, 0) is 6.07 Å². The summed E-state index contributed by atoms with van der Waals surface area (Å²) in [5.74, 6) is -0.478. The molecule has 1 N–H and O–H groups in total. The molecule has 1 atom stereocenters. The van der Waals surface area contributed by atoms with Crippen LogP contribution in [0.25, 0.3) is 0 Å². The molecule has 0 saturated carbocycles. The van der Waals surface area contributed by atoms with E-state index < -0.39 is 6.04 Å². The first-order valence-corrected chi connectivity index (χ1v) is 7.72. The third kappa shape index (κ3) is 2.64. The zero-order valence-electron chi connectivity index (χ0n) is 11.0. The van der Waals surface area contributed by atoms with Crippen molar-refractivity contribution in [1.29, 1.82) is 0 Å². The van der Waals surface area contributed by atoms with Crippen molar-refractivity contribution in [3.05, 3.63) is 51.4 Å². The number of nitrogens with one attached hydrogen (secondary N) is 1. The highest BCUT2D eigenvalue weighted by atomic mass is 35.5. The van der Waals surface area contributed by atoms with Crippen LogP contribution in [-0.4, -0.2) is 34.8 Å². The summed E-state index contributed by atoms with van der Waals surface area (Å²) in [7, 11) is 0. The van der Waals surface area contributed by atoms with Gasteiger partial charge in [0.25, 0.3) is 5.91 Å². The molecule has 1 aliphatic heterocycles. The van der Waals surface area contributed by atoms with E-state index in [-0.39, 0.29) is 11.8 Å². The van der Waals surface area contributed by atoms with Gasteiger partial charge in [0.2, 0.25) is 5.91 Å². The summed E-state index contributed by atoms with van der Waals surface area (Å²) in [4.78, 5) is 30.4. The van der Waals surface area contributed by atoms with Gasteiger partial charge in [0.05, 0.1) is 5.51 Å². The van der Waals surface area contributed by atoms with Gasteiger partial charge in [0.1, 0.15) is 11.7 Å². The second kappa shape index (κ2) is 5.83. The van der Waals surface area contributed by atoms with Crippen LogP contribution < -0.4 is 5.32 Å². The van der Waals surface area contributed by atoms with Gasteiger partial charge in [0.15, 0.2) is 0 Å². The highest BCUT2D eigenvalue weighted by Crippen LogP contribution is 2.30. The third-order valence-corrected chi connectivity index (χ3v) is 4.25. The average Bonchev–Trinajstić information content (AvgIpc) is 3.01. The molecule has 1 aromatic carbocycles. The van der Waals surface area contributed by atoms with Gasteiger partial charge in [-0.25, -0.2) is 4.98 Å². The summed E-state index contributed by atoms with van der Waals surface area (Å²) in [6.07, 6.45) is 0. The minimum Gasteiger partial charge on any atom is -0.352 e. The van der Waals surface area contributed by atoms with E-state index in [2.05, 4.69) is 10.3 Å². The SMILES string of the molecule is O=C1NCCN(C(=O)c2cscn2)C1c1ccccc1Cl. The summed E-state index contributed by atoms with van der Waals surface area (Å²) < 4.78 is 0. The summed E-state index contributed by atoms with van der Waals surface area (Å²) in [5.41, 5.74) is 2.58. The fourth-order valence-corrected chi connectivity index (χ4v) is 3.12. The average molecular weight is 322 g/mol. The molecule has 1 unspecified atom stereocenters. The number of hydrogen-bond donors (Lipinski definition) is 1. The third-order valence-electron chi connectivity index (χ3n) is 3.32. The predicted octanol–water partition coefficient (Wildman–Crippen LogP) is 2.11. The lowest BCUT2D eigenvalue weighted by Crippen LogP contribution is -2.52. The molecule has 2 heterocycles. The Morgan fingerprint density at radius 2 is 2.24 bits per heavy atom. The van der Waals surface area contributed by atoms with E-state index in [0.29, 0.717) is 29.4 Å². The first-order valence-electron chi connectivity index (χ1n) is 6.40. The first-order chi connectivity index (χ1) is 10.2. The molecular weight excluding hydrogens is 310 g/mol. The quantitative estimate of drug-likeness (QED) is 0.921. The fraction of sp³-hybridized carbons (Fsp3) is 0.214. The van der Waals surface area contributed by atoms with E-state index in [9.17, 15) is 9.59 Å². The zero-order chi connectivity index (χ0) is 14.8. The van der Waals surface area contributed by atoms with E-state index in [1.165, 1.54) is 16.2 Å². The number of aromatic nitrogens is 1. The van der Waals surface area contributed by atoms with Crippen molar-refractivity contribution < 1.29 is 9.59 Å². The van der Waals surface area contributed by atoms with Gasteiger partial charge in [-0.15, -0.1) is 11.3 Å². The molecule has 1 saturated heterocycles. The predicted molar refractivity (Wildman–Crippen MR) is 80.4 cm³/mol. The molecule has 1 aromatic heterocycles. The molecule has 7 heteroatoms. The van der Waals surface area contributed by atoms with Crippen LogP contribution in [0, 0.1) is 0 Å². The van der Waals surface area contributed by atoms with Gasteiger partial charge >= 0.3 is 0 Å². The lowest BCUT2D eigenvalue weighted by atomic mass is 10.0. The summed E-state index contributed by atoms with van der Waals surface area (Å²) in [6, 6.07) is 6.35. The topological polar surface area (TPSA) is 62.3 Å². The molecule has 2 aromatic rings. The molecule has 108 valence electrons. The standard InChI is InChI=1S/C14H12ClN3O2S/c15-10-4-2-1-3-9(10)12-13(19)16-5-6-18(12)14(20)11-7-21-8-17-11/h1-4,7-8,12H,5-6H2,(H,16,19). The molecule has 0 radical (unpaired) electrons. The molecule has 2 amide bonds. The maximum atomic E-state index is 12.5. The molecule has 3 rings (SSSR count). The van der Waals surface area contributed by atoms with Crippen molar-refractivity contribution in [3.8, 4) is 0 Å². The Bertz CT molecular complexity index is 675. The van der Waals surface area contributed by atoms with Crippen LogP contribution in [0.15, 0.2) is 35.2 Å². The number of nitrogens with zero attached hydrogens (tertiary/aromatic N) is 2. The highest BCUT2D eigenvalue weighted by Gasteiger charge is 2.36. The lowest BCUT2D eigenvalue weighted by molar-refractivity contribution is -0.128. The molecule has 0 bridgehead atoms. The Morgan fingerprint density at radius 1 is 1.43 bits per heavy atom. The second-order valence-electron chi connectivity index (χ2n) is 4.59. The van der Waals surface area contributed by atoms with Crippen LogP contribution >= 0.6 is 22.9 Å². The minimum atomic E-state index is -0.721. The minimum absolute atomic E-state index is 0.224. The molecular formula is C14H12ClN3O2S. The maximum absolute atomic E-state index is 12.5. The van der Waals surface area contributed by atoms with Gasteiger partial charge in [-0.3, -0.25) is 9.59 Å². The van der Waals surface area contributed by atoms with Crippen molar-refractivity contribution in [2.45, 2.75) is 6.04 Å².